The van der Waals surface area contributed by atoms with Gasteiger partial charge in [0.15, 0.2) is 5.65 Å². The Labute approximate surface area is 150 Å². The van der Waals surface area contributed by atoms with E-state index in [4.69, 9.17) is 0 Å². The minimum atomic E-state index is -0.241. The van der Waals surface area contributed by atoms with E-state index in [0.717, 1.165) is 35.7 Å². The fourth-order valence-corrected chi connectivity index (χ4v) is 3.23. The maximum absolute atomic E-state index is 12.6. The zero-order valence-electron chi connectivity index (χ0n) is 14.7. The Bertz CT molecular complexity index is 1010. The van der Waals surface area contributed by atoms with E-state index in [9.17, 15) is 9.59 Å². The molecule has 1 saturated heterocycles. The molecule has 132 valence electrons. The molecule has 3 heterocycles. The molecule has 1 aliphatic rings. The third-order valence-electron chi connectivity index (χ3n) is 4.60. The van der Waals surface area contributed by atoms with Crippen LogP contribution in [0.25, 0.3) is 5.65 Å². The topological polar surface area (TPSA) is 79.6 Å². The van der Waals surface area contributed by atoms with Crippen LogP contribution >= 0.6 is 0 Å². The monoisotopic (exact) mass is 349 g/mol. The zero-order valence-corrected chi connectivity index (χ0v) is 14.7. The smallest absolute Gasteiger partial charge is 0.259 e. The van der Waals surface area contributed by atoms with Crippen molar-refractivity contribution in [3.05, 3.63) is 53.5 Å². The number of hydrogen-bond acceptors (Lipinski definition) is 4. The number of aryl methyl sites for hydroxylation is 2. The molecule has 3 aromatic rings. The standard InChI is InChI=1S/C19H19N5O2/c1-12-10-17-20-11-16(13(2)24(17)22-12)19(26)21-14-5-7-15(8-6-14)23-9-3-4-18(23)25/h5-8,10-11H,3-4,9H2,1-2H3,(H,21,26). The summed E-state index contributed by atoms with van der Waals surface area (Å²) in [6, 6.07) is 9.18. The molecular formula is C19H19N5O2. The predicted octanol–water partition coefficient (Wildman–Crippen LogP) is 2.73. The number of benzene rings is 1. The van der Waals surface area contributed by atoms with E-state index >= 15 is 0 Å². The molecular weight excluding hydrogens is 330 g/mol. The highest BCUT2D eigenvalue weighted by atomic mass is 16.2. The van der Waals surface area contributed by atoms with Crippen LogP contribution in [0.1, 0.15) is 34.6 Å². The summed E-state index contributed by atoms with van der Waals surface area (Å²) in [4.78, 5) is 30.5. The highest BCUT2D eigenvalue weighted by Crippen LogP contribution is 2.23. The first-order chi connectivity index (χ1) is 12.5. The Hall–Kier alpha value is -3.22. The highest BCUT2D eigenvalue weighted by Gasteiger charge is 2.21. The lowest BCUT2D eigenvalue weighted by molar-refractivity contribution is -0.117. The molecule has 4 rings (SSSR count). The summed E-state index contributed by atoms with van der Waals surface area (Å²) in [5.74, 6) is -0.0960. The van der Waals surface area contributed by atoms with Gasteiger partial charge in [0.05, 0.1) is 17.0 Å². The summed E-state index contributed by atoms with van der Waals surface area (Å²) in [7, 11) is 0. The van der Waals surface area contributed by atoms with Gasteiger partial charge in [0.1, 0.15) is 0 Å². The highest BCUT2D eigenvalue weighted by molar-refractivity contribution is 6.05. The van der Waals surface area contributed by atoms with Gasteiger partial charge >= 0.3 is 0 Å². The van der Waals surface area contributed by atoms with Crippen LogP contribution in [-0.4, -0.2) is 33.0 Å². The van der Waals surface area contributed by atoms with Gasteiger partial charge in [-0.1, -0.05) is 0 Å². The number of rotatable bonds is 3. The second-order valence-electron chi connectivity index (χ2n) is 6.46. The molecule has 2 amide bonds. The van der Waals surface area contributed by atoms with Gasteiger partial charge in [-0.15, -0.1) is 0 Å². The second kappa shape index (κ2) is 6.25. The van der Waals surface area contributed by atoms with Crippen LogP contribution < -0.4 is 10.2 Å². The van der Waals surface area contributed by atoms with Crippen LogP contribution in [0.15, 0.2) is 36.5 Å². The van der Waals surface area contributed by atoms with Gasteiger partial charge in [0.25, 0.3) is 5.91 Å². The number of carbonyl (C=O) groups excluding carboxylic acids is 2. The molecule has 0 bridgehead atoms. The quantitative estimate of drug-likeness (QED) is 0.788. The number of nitrogens with zero attached hydrogens (tertiary/aromatic N) is 4. The minimum Gasteiger partial charge on any atom is -0.322 e. The number of anilines is 2. The Morgan fingerprint density at radius 2 is 1.96 bits per heavy atom. The van der Waals surface area contributed by atoms with Crippen molar-refractivity contribution >= 4 is 28.8 Å². The van der Waals surface area contributed by atoms with Gasteiger partial charge in [-0.05, 0) is 44.5 Å². The van der Waals surface area contributed by atoms with E-state index < -0.39 is 0 Å². The largest absolute Gasteiger partial charge is 0.322 e. The number of carbonyl (C=O) groups is 2. The van der Waals surface area contributed by atoms with E-state index in [2.05, 4.69) is 15.4 Å². The molecule has 0 unspecified atom stereocenters. The molecule has 1 N–H and O–H groups in total. The van der Waals surface area contributed by atoms with Crippen LogP contribution in [0.2, 0.25) is 0 Å². The van der Waals surface area contributed by atoms with E-state index in [1.165, 1.54) is 0 Å². The average Bonchev–Trinajstić information content (AvgIpc) is 3.21. The number of amides is 2. The zero-order chi connectivity index (χ0) is 18.3. The van der Waals surface area contributed by atoms with E-state index in [-0.39, 0.29) is 11.8 Å². The van der Waals surface area contributed by atoms with Crippen molar-refractivity contribution in [2.45, 2.75) is 26.7 Å². The normalized spacial score (nSPS) is 14.2. The van der Waals surface area contributed by atoms with Crippen molar-refractivity contribution in [3.63, 3.8) is 0 Å². The van der Waals surface area contributed by atoms with Gasteiger partial charge in [0, 0.05) is 36.6 Å². The molecule has 7 nitrogen and oxygen atoms in total. The summed E-state index contributed by atoms with van der Waals surface area (Å²) < 4.78 is 1.67. The van der Waals surface area contributed by atoms with Crippen LogP contribution in [-0.2, 0) is 4.79 Å². The summed E-state index contributed by atoms with van der Waals surface area (Å²) in [5.41, 5.74) is 4.30. The van der Waals surface area contributed by atoms with Crippen molar-refractivity contribution in [2.75, 3.05) is 16.8 Å². The first-order valence-corrected chi connectivity index (χ1v) is 8.57. The molecule has 1 aliphatic heterocycles. The molecule has 2 aromatic heterocycles. The van der Waals surface area contributed by atoms with Crippen LogP contribution in [0.5, 0.6) is 0 Å². The van der Waals surface area contributed by atoms with Gasteiger partial charge < -0.3 is 10.2 Å². The molecule has 0 aliphatic carbocycles. The van der Waals surface area contributed by atoms with Crippen molar-refractivity contribution in [1.29, 1.82) is 0 Å². The third kappa shape index (κ3) is 2.81. The summed E-state index contributed by atoms with van der Waals surface area (Å²) in [5, 5.41) is 7.24. The maximum atomic E-state index is 12.6. The fourth-order valence-electron chi connectivity index (χ4n) is 3.23. The fraction of sp³-hybridized carbons (Fsp3) is 0.263. The van der Waals surface area contributed by atoms with Crippen molar-refractivity contribution in [3.8, 4) is 0 Å². The lowest BCUT2D eigenvalue weighted by Gasteiger charge is -2.16. The van der Waals surface area contributed by atoms with Crippen molar-refractivity contribution in [2.24, 2.45) is 0 Å². The number of fused-ring (bicyclic) bond motifs is 1. The average molecular weight is 349 g/mol. The minimum absolute atomic E-state index is 0.145. The SMILES string of the molecule is Cc1cc2ncc(C(=O)Nc3ccc(N4CCCC4=O)cc3)c(C)n2n1. The molecule has 7 heteroatoms. The Balaban J connectivity index is 1.54. The maximum Gasteiger partial charge on any atom is 0.259 e. The Kier molecular flexibility index (Phi) is 3.91. The molecule has 0 spiro atoms. The van der Waals surface area contributed by atoms with Crippen molar-refractivity contribution in [1.82, 2.24) is 14.6 Å². The van der Waals surface area contributed by atoms with Crippen molar-refractivity contribution < 1.29 is 9.59 Å². The van der Waals surface area contributed by atoms with Crippen LogP contribution in [0, 0.1) is 13.8 Å². The van der Waals surface area contributed by atoms with E-state index in [0.29, 0.717) is 17.7 Å². The predicted molar refractivity (Wildman–Crippen MR) is 98.4 cm³/mol. The third-order valence-corrected chi connectivity index (χ3v) is 4.60. The van der Waals surface area contributed by atoms with Crippen LogP contribution in [0.4, 0.5) is 11.4 Å². The molecule has 0 saturated carbocycles. The first kappa shape index (κ1) is 16.3. The van der Waals surface area contributed by atoms with Gasteiger partial charge in [-0.3, -0.25) is 9.59 Å². The van der Waals surface area contributed by atoms with Gasteiger partial charge in [-0.2, -0.15) is 5.10 Å². The lowest BCUT2D eigenvalue weighted by Crippen LogP contribution is -2.23. The second-order valence-corrected chi connectivity index (χ2v) is 6.46. The van der Waals surface area contributed by atoms with Crippen LogP contribution in [0.3, 0.4) is 0 Å². The Morgan fingerprint density at radius 3 is 2.65 bits per heavy atom. The molecule has 26 heavy (non-hydrogen) atoms. The lowest BCUT2D eigenvalue weighted by atomic mass is 10.2. The summed E-state index contributed by atoms with van der Waals surface area (Å²) in [6.45, 7) is 4.48. The van der Waals surface area contributed by atoms with Gasteiger partial charge in [0.2, 0.25) is 5.91 Å². The summed E-state index contributed by atoms with van der Waals surface area (Å²) >= 11 is 0. The number of aromatic nitrogens is 3. The molecule has 0 radical (unpaired) electrons. The number of nitrogens with one attached hydrogen (secondary N) is 1. The van der Waals surface area contributed by atoms with E-state index in [1.807, 2.05) is 32.0 Å². The molecule has 0 atom stereocenters. The number of hydrogen-bond donors (Lipinski definition) is 1. The molecule has 1 aromatic carbocycles. The first-order valence-electron chi connectivity index (χ1n) is 8.57. The van der Waals surface area contributed by atoms with E-state index in [1.54, 1.807) is 27.7 Å². The van der Waals surface area contributed by atoms with Gasteiger partial charge in [-0.25, -0.2) is 9.50 Å². The Morgan fingerprint density at radius 1 is 1.19 bits per heavy atom. The summed E-state index contributed by atoms with van der Waals surface area (Å²) in [6.07, 6.45) is 3.05. The molecule has 1 fully saturated rings.